The number of fused-ring (bicyclic) bond motifs is 1. The van der Waals surface area contributed by atoms with Gasteiger partial charge in [0.1, 0.15) is 5.69 Å². The second kappa shape index (κ2) is 8.75. The van der Waals surface area contributed by atoms with Crippen molar-refractivity contribution in [1.29, 1.82) is 0 Å². The van der Waals surface area contributed by atoms with Crippen LogP contribution in [0.25, 0.3) is 5.52 Å². The van der Waals surface area contributed by atoms with E-state index in [0.717, 1.165) is 11.1 Å². The number of carboxylic acid groups (broad SMARTS) is 1. The third-order valence-corrected chi connectivity index (χ3v) is 5.10. The summed E-state index contributed by atoms with van der Waals surface area (Å²) >= 11 is 0. The molecular weight excluding hydrogens is 424 g/mol. The fraction of sp³-hybridized carbons (Fsp3) is 0.0417. The highest BCUT2D eigenvalue weighted by atomic mass is 16.6. The molecule has 4 rings (SSSR count). The number of rotatable bonds is 7. The molecule has 2 aromatic carbocycles. The number of nitrogens with one attached hydrogen (secondary N) is 1. The van der Waals surface area contributed by atoms with Crippen molar-refractivity contribution in [2.24, 2.45) is 5.10 Å². The van der Waals surface area contributed by atoms with Gasteiger partial charge in [0.25, 0.3) is 5.69 Å². The number of aryl methyl sites for hydroxylation is 1. The van der Waals surface area contributed by atoms with Crippen LogP contribution in [0.15, 0.2) is 78.0 Å². The van der Waals surface area contributed by atoms with Crippen molar-refractivity contribution in [3.8, 4) is 0 Å². The second-order valence-corrected chi connectivity index (χ2v) is 7.29. The molecule has 33 heavy (non-hydrogen) atoms. The first-order valence-corrected chi connectivity index (χ1v) is 9.87. The highest BCUT2D eigenvalue weighted by Crippen LogP contribution is 2.28. The zero-order valence-electron chi connectivity index (χ0n) is 17.4. The Morgan fingerprint density at radius 2 is 1.79 bits per heavy atom. The van der Waals surface area contributed by atoms with Gasteiger partial charge in [-0.1, -0.05) is 18.2 Å². The third kappa shape index (κ3) is 4.33. The van der Waals surface area contributed by atoms with Gasteiger partial charge in [-0.3, -0.25) is 20.3 Å². The predicted octanol–water partition coefficient (Wildman–Crippen LogP) is 4.53. The minimum atomic E-state index is -1.04. The summed E-state index contributed by atoms with van der Waals surface area (Å²) in [6, 6.07) is 17.6. The summed E-state index contributed by atoms with van der Waals surface area (Å²) in [6.07, 6.45) is 3.18. The van der Waals surface area contributed by atoms with E-state index in [0.29, 0.717) is 11.3 Å². The number of nitro groups is 1. The number of aromatic carboxylic acids is 1. The maximum absolute atomic E-state index is 13.2. The molecule has 0 saturated carbocycles. The van der Waals surface area contributed by atoms with Crippen LogP contribution < -0.4 is 5.43 Å². The lowest BCUT2D eigenvalue weighted by Crippen LogP contribution is -2.08. The Balaban J connectivity index is 1.60. The van der Waals surface area contributed by atoms with E-state index >= 15 is 0 Å². The second-order valence-electron chi connectivity index (χ2n) is 7.29. The fourth-order valence-electron chi connectivity index (χ4n) is 3.49. The van der Waals surface area contributed by atoms with Crippen molar-refractivity contribution < 1.29 is 19.6 Å². The number of carbonyl (C=O) groups excluding carboxylic acids is 1. The van der Waals surface area contributed by atoms with Crippen LogP contribution in [-0.4, -0.2) is 32.4 Å². The number of pyridine rings is 1. The van der Waals surface area contributed by atoms with Crippen molar-refractivity contribution in [1.82, 2.24) is 4.40 Å². The fourth-order valence-corrected chi connectivity index (χ4v) is 3.49. The molecule has 0 aliphatic rings. The molecule has 2 heterocycles. The van der Waals surface area contributed by atoms with Crippen LogP contribution >= 0.6 is 0 Å². The molecule has 2 aromatic heterocycles. The number of nitrogens with zero attached hydrogens (tertiary/aromatic N) is 3. The highest BCUT2D eigenvalue weighted by Gasteiger charge is 2.21. The largest absolute Gasteiger partial charge is 0.478 e. The number of benzene rings is 2. The van der Waals surface area contributed by atoms with Gasteiger partial charge in [0.15, 0.2) is 0 Å². The Kier molecular flexibility index (Phi) is 5.69. The lowest BCUT2D eigenvalue weighted by Gasteiger charge is -2.07. The summed E-state index contributed by atoms with van der Waals surface area (Å²) in [4.78, 5) is 35.1. The van der Waals surface area contributed by atoms with E-state index in [1.165, 1.54) is 36.5 Å². The van der Waals surface area contributed by atoms with Crippen LogP contribution in [-0.2, 0) is 0 Å². The summed E-state index contributed by atoms with van der Waals surface area (Å²) in [6.45, 7) is 1.82. The number of hydrogen-bond acceptors (Lipinski definition) is 6. The third-order valence-electron chi connectivity index (χ3n) is 5.10. The summed E-state index contributed by atoms with van der Waals surface area (Å²) < 4.78 is 1.76. The topological polar surface area (TPSA) is 126 Å². The average Bonchev–Trinajstić information content (AvgIpc) is 3.14. The van der Waals surface area contributed by atoms with E-state index < -0.39 is 10.9 Å². The molecule has 9 heteroatoms. The molecule has 9 nitrogen and oxygen atoms in total. The number of aromatic nitrogens is 1. The maximum Gasteiger partial charge on any atom is 0.335 e. The quantitative estimate of drug-likeness (QED) is 0.187. The van der Waals surface area contributed by atoms with Crippen molar-refractivity contribution in [2.75, 3.05) is 5.43 Å². The summed E-state index contributed by atoms with van der Waals surface area (Å²) in [7, 11) is 0. The van der Waals surface area contributed by atoms with E-state index in [-0.39, 0.29) is 28.3 Å². The van der Waals surface area contributed by atoms with E-state index in [4.69, 9.17) is 5.11 Å². The summed E-state index contributed by atoms with van der Waals surface area (Å²) in [5, 5.41) is 24.6. The molecular formula is C24H18N4O5. The summed E-state index contributed by atoms with van der Waals surface area (Å²) in [5.41, 5.74) is 5.46. The number of ketones is 1. The van der Waals surface area contributed by atoms with Gasteiger partial charge in [-0.15, -0.1) is 0 Å². The van der Waals surface area contributed by atoms with Crippen LogP contribution in [0.3, 0.4) is 0 Å². The van der Waals surface area contributed by atoms with Crippen molar-refractivity contribution in [2.45, 2.75) is 6.92 Å². The van der Waals surface area contributed by atoms with Gasteiger partial charge in [-0.2, -0.15) is 5.10 Å². The predicted molar refractivity (Wildman–Crippen MR) is 123 cm³/mol. The van der Waals surface area contributed by atoms with Crippen LogP contribution in [0.2, 0.25) is 0 Å². The van der Waals surface area contributed by atoms with Crippen LogP contribution in [0.4, 0.5) is 11.4 Å². The number of carboxylic acids is 1. The minimum Gasteiger partial charge on any atom is -0.478 e. The first-order chi connectivity index (χ1) is 15.8. The summed E-state index contributed by atoms with van der Waals surface area (Å²) in [5.74, 6) is -1.36. The molecule has 164 valence electrons. The normalized spacial score (nSPS) is 11.1. The Labute approximate surface area is 187 Å². The molecule has 0 fully saturated rings. The Morgan fingerprint density at radius 3 is 2.48 bits per heavy atom. The van der Waals surface area contributed by atoms with Crippen molar-refractivity contribution >= 4 is 34.9 Å². The Morgan fingerprint density at radius 1 is 1.06 bits per heavy atom. The van der Waals surface area contributed by atoms with E-state index in [1.807, 2.05) is 31.2 Å². The molecule has 0 aliphatic carbocycles. The minimum absolute atomic E-state index is 0.117. The first kappa shape index (κ1) is 21.4. The average molecular weight is 442 g/mol. The Hall–Kier alpha value is -4.79. The van der Waals surface area contributed by atoms with Gasteiger partial charge in [0.05, 0.1) is 22.4 Å². The number of carbonyl (C=O) groups is 2. The standard InChI is InChI=1S/C24H18N4O5/c1-15-12-19-4-2-3-11-27(19)22(15)23(29)18-9-10-20(21(13-18)28(32)33)26-25-14-16-5-7-17(8-6-16)24(30)31/h2-14,26H,1H3,(H,30,31). The smallest absolute Gasteiger partial charge is 0.335 e. The molecule has 0 amide bonds. The lowest BCUT2D eigenvalue weighted by atomic mass is 10.0. The highest BCUT2D eigenvalue weighted by molar-refractivity contribution is 6.10. The molecule has 0 aliphatic heterocycles. The molecule has 0 bridgehead atoms. The van der Waals surface area contributed by atoms with Gasteiger partial charge in [-0.05, 0) is 60.5 Å². The van der Waals surface area contributed by atoms with Crippen molar-refractivity contribution in [3.05, 3.63) is 111 Å². The monoisotopic (exact) mass is 442 g/mol. The van der Waals surface area contributed by atoms with Crippen LogP contribution in [0, 0.1) is 17.0 Å². The van der Waals surface area contributed by atoms with Crippen LogP contribution in [0.1, 0.15) is 37.5 Å². The van der Waals surface area contributed by atoms with Gasteiger partial charge >= 0.3 is 5.97 Å². The molecule has 0 unspecified atom stereocenters. The van der Waals surface area contributed by atoms with Crippen molar-refractivity contribution in [3.63, 3.8) is 0 Å². The molecule has 0 radical (unpaired) electrons. The number of anilines is 1. The van der Waals surface area contributed by atoms with Gasteiger partial charge < -0.3 is 9.51 Å². The van der Waals surface area contributed by atoms with E-state index in [2.05, 4.69) is 10.5 Å². The van der Waals surface area contributed by atoms with Gasteiger partial charge in [0, 0.05) is 23.3 Å². The zero-order chi connectivity index (χ0) is 23.5. The van der Waals surface area contributed by atoms with Gasteiger partial charge in [0.2, 0.25) is 5.78 Å². The van der Waals surface area contributed by atoms with Crippen LogP contribution in [0.5, 0.6) is 0 Å². The lowest BCUT2D eigenvalue weighted by molar-refractivity contribution is -0.384. The molecule has 4 aromatic rings. The molecule has 0 spiro atoms. The molecule has 2 N–H and O–H groups in total. The number of hydrazone groups is 1. The van der Waals surface area contributed by atoms with E-state index in [1.54, 1.807) is 22.7 Å². The SMILES string of the molecule is Cc1cc2ccccn2c1C(=O)c1ccc(NN=Cc2ccc(C(=O)O)cc2)c([N+](=O)[O-])c1. The molecule has 0 atom stereocenters. The van der Waals surface area contributed by atoms with Gasteiger partial charge in [-0.25, -0.2) is 4.79 Å². The Bertz CT molecular complexity index is 1420. The van der Waals surface area contributed by atoms with E-state index in [9.17, 15) is 19.7 Å². The zero-order valence-corrected chi connectivity index (χ0v) is 17.4. The number of nitro benzene ring substituents is 1. The number of hydrogen-bond donors (Lipinski definition) is 2. The first-order valence-electron chi connectivity index (χ1n) is 9.87. The maximum atomic E-state index is 13.2. The molecule has 0 saturated heterocycles.